The maximum Gasteiger partial charge on any atom is 0.0458 e. The minimum absolute atomic E-state index is 0.829. The van der Waals surface area contributed by atoms with Gasteiger partial charge in [0.05, 0.1) is 0 Å². The Labute approximate surface area is 73.7 Å². The van der Waals surface area contributed by atoms with Crippen molar-refractivity contribution in [1.82, 2.24) is 0 Å². The van der Waals surface area contributed by atoms with E-state index in [1.54, 1.807) is 24.6 Å². The van der Waals surface area contributed by atoms with Gasteiger partial charge in [0, 0.05) is 12.4 Å². The van der Waals surface area contributed by atoms with Crippen molar-refractivity contribution >= 4 is 0 Å². The average Bonchev–Trinajstić information content (AvgIpc) is 2.10. The first-order chi connectivity index (χ1) is 5.91. The minimum Gasteiger partial charge on any atom is -0.160 e. The van der Waals surface area contributed by atoms with E-state index in [1.807, 2.05) is 12.2 Å². The summed E-state index contributed by atoms with van der Waals surface area (Å²) in [6.45, 7) is 7.14. The molecular formula is C10H14N2. The molecular weight excluding hydrogens is 148 g/mol. The number of hydrogen-bond acceptors (Lipinski definition) is 2. The number of allylic oxidation sites excluding steroid dienone is 4. The van der Waals surface area contributed by atoms with Crippen molar-refractivity contribution < 1.29 is 0 Å². The third-order valence-electron chi connectivity index (χ3n) is 1.02. The van der Waals surface area contributed by atoms with Crippen molar-refractivity contribution in [3.63, 3.8) is 0 Å². The van der Waals surface area contributed by atoms with Gasteiger partial charge in [-0.25, -0.2) is 0 Å². The molecule has 0 aromatic heterocycles. The molecule has 0 aromatic rings. The predicted octanol–water partition coefficient (Wildman–Crippen LogP) is 3.62. The van der Waals surface area contributed by atoms with E-state index in [1.165, 1.54) is 0 Å². The van der Waals surface area contributed by atoms with Crippen LogP contribution in [0, 0.1) is 0 Å². The second-order valence-corrected chi connectivity index (χ2v) is 2.05. The van der Waals surface area contributed by atoms with Gasteiger partial charge in [-0.3, -0.25) is 0 Å². The van der Waals surface area contributed by atoms with E-state index < -0.39 is 0 Å². The fourth-order valence-electron chi connectivity index (χ4n) is 0.485. The first kappa shape index (κ1) is 10.6. The molecule has 0 fully saturated rings. The van der Waals surface area contributed by atoms with Gasteiger partial charge in [0.15, 0.2) is 0 Å². The van der Waals surface area contributed by atoms with Crippen LogP contribution in [0.2, 0.25) is 0 Å². The summed E-state index contributed by atoms with van der Waals surface area (Å²) < 4.78 is 0. The number of hydrogen-bond donors (Lipinski definition) is 0. The molecule has 2 heteroatoms. The van der Waals surface area contributed by atoms with E-state index in [2.05, 4.69) is 23.4 Å². The molecule has 64 valence electrons. The molecule has 0 amide bonds. The molecule has 0 aliphatic heterocycles. The first-order valence-corrected chi connectivity index (χ1v) is 3.83. The fraction of sp³-hybridized carbons (Fsp3) is 0.200. The van der Waals surface area contributed by atoms with Crippen LogP contribution in [0.3, 0.4) is 0 Å². The van der Waals surface area contributed by atoms with Gasteiger partial charge in [-0.05, 0) is 12.8 Å². The topological polar surface area (TPSA) is 24.7 Å². The smallest absolute Gasteiger partial charge is 0.0458 e. The Morgan fingerprint density at radius 2 is 1.25 bits per heavy atom. The molecule has 0 radical (unpaired) electrons. The van der Waals surface area contributed by atoms with Crippen LogP contribution in [0.5, 0.6) is 0 Å². The predicted molar refractivity (Wildman–Crippen MR) is 52.8 cm³/mol. The van der Waals surface area contributed by atoms with E-state index in [-0.39, 0.29) is 0 Å². The van der Waals surface area contributed by atoms with Gasteiger partial charge in [0.2, 0.25) is 0 Å². The fourth-order valence-corrected chi connectivity index (χ4v) is 0.485. The van der Waals surface area contributed by atoms with Crippen LogP contribution < -0.4 is 0 Å². The van der Waals surface area contributed by atoms with Gasteiger partial charge in [-0.15, -0.1) is 13.2 Å². The molecule has 0 unspecified atom stereocenters. The zero-order valence-corrected chi connectivity index (χ0v) is 7.19. The molecule has 12 heavy (non-hydrogen) atoms. The van der Waals surface area contributed by atoms with Crippen LogP contribution in [-0.4, -0.2) is 0 Å². The molecule has 0 heterocycles. The highest BCUT2D eigenvalue weighted by atomic mass is 15.1. The van der Waals surface area contributed by atoms with Gasteiger partial charge >= 0.3 is 0 Å². The largest absolute Gasteiger partial charge is 0.160 e. The average molecular weight is 162 g/mol. The summed E-state index contributed by atoms with van der Waals surface area (Å²) >= 11 is 0. The highest BCUT2D eigenvalue weighted by Crippen LogP contribution is 1.87. The lowest BCUT2D eigenvalue weighted by atomic mass is 10.4. The molecule has 0 saturated carbocycles. The highest BCUT2D eigenvalue weighted by molar-refractivity contribution is 4.88. The Morgan fingerprint density at radius 3 is 1.58 bits per heavy atom. The molecule has 0 bridgehead atoms. The number of azo groups is 1. The molecule has 0 N–H and O–H groups in total. The van der Waals surface area contributed by atoms with Gasteiger partial charge in [0.25, 0.3) is 0 Å². The summed E-state index contributed by atoms with van der Waals surface area (Å²) in [5.41, 5.74) is 0. The molecule has 0 saturated heterocycles. The number of nitrogens with zero attached hydrogens (tertiary/aromatic N) is 2. The molecule has 0 atom stereocenters. The maximum atomic E-state index is 3.76. The van der Waals surface area contributed by atoms with Crippen molar-refractivity contribution in [3.05, 3.63) is 49.9 Å². The monoisotopic (exact) mass is 162 g/mol. The van der Waals surface area contributed by atoms with Crippen LogP contribution in [0.4, 0.5) is 0 Å². The lowest BCUT2D eigenvalue weighted by Crippen LogP contribution is -1.55. The Balaban J connectivity index is 3.47. The van der Waals surface area contributed by atoms with Crippen LogP contribution >= 0.6 is 0 Å². The van der Waals surface area contributed by atoms with E-state index in [4.69, 9.17) is 0 Å². The zero-order chi connectivity index (χ0) is 9.07. The Bertz CT molecular complexity index is 178. The Morgan fingerprint density at radius 1 is 0.833 bits per heavy atom. The van der Waals surface area contributed by atoms with E-state index in [0.717, 1.165) is 12.8 Å². The Kier molecular flexibility index (Phi) is 8.41. The normalized spacial score (nSPS) is 11.7. The summed E-state index contributed by atoms with van der Waals surface area (Å²) in [5, 5.41) is 7.51. The van der Waals surface area contributed by atoms with Crippen LogP contribution in [0.25, 0.3) is 0 Å². The SMILES string of the molecule is C=CCC=CN=NC=CCC=C. The lowest BCUT2D eigenvalue weighted by molar-refractivity contribution is 1.19. The quantitative estimate of drug-likeness (QED) is 0.421. The standard InChI is InChI=1S/C10H14N2/c1-3-5-7-9-11-12-10-8-6-4-2/h3-4,7-10H,1-2,5-6H2. The summed E-state index contributed by atoms with van der Waals surface area (Å²) in [6.07, 6.45) is 12.3. The molecule has 0 spiro atoms. The third kappa shape index (κ3) is 8.56. The summed E-state index contributed by atoms with van der Waals surface area (Å²) in [6, 6.07) is 0. The number of rotatable bonds is 6. The van der Waals surface area contributed by atoms with Crippen molar-refractivity contribution in [1.29, 1.82) is 0 Å². The second-order valence-electron chi connectivity index (χ2n) is 2.05. The van der Waals surface area contributed by atoms with Gasteiger partial charge in [-0.2, -0.15) is 10.2 Å². The summed E-state index contributed by atoms with van der Waals surface area (Å²) in [4.78, 5) is 0. The Hall–Kier alpha value is -1.44. The third-order valence-corrected chi connectivity index (χ3v) is 1.02. The molecule has 0 aliphatic rings. The van der Waals surface area contributed by atoms with Crippen molar-refractivity contribution in [2.75, 3.05) is 0 Å². The lowest BCUT2D eigenvalue weighted by Gasteiger charge is -1.76. The van der Waals surface area contributed by atoms with E-state index in [9.17, 15) is 0 Å². The molecule has 0 aromatic carbocycles. The second kappa shape index (κ2) is 9.56. The highest BCUT2D eigenvalue weighted by Gasteiger charge is 1.66. The zero-order valence-electron chi connectivity index (χ0n) is 7.19. The summed E-state index contributed by atoms with van der Waals surface area (Å²) in [7, 11) is 0. The van der Waals surface area contributed by atoms with Gasteiger partial charge < -0.3 is 0 Å². The van der Waals surface area contributed by atoms with Gasteiger partial charge in [-0.1, -0.05) is 24.3 Å². The van der Waals surface area contributed by atoms with Crippen molar-refractivity contribution in [2.24, 2.45) is 10.2 Å². The van der Waals surface area contributed by atoms with Crippen molar-refractivity contribution in [2.45, 2.75) is 12.8 Å². The first-order valence-electron chi connectivity index (χ1n) is 3.83. The molecule has 0 rings (SSSR count). The van der Waals surface area contributed by atoms with Crippen molar-refractivity contribution in [3.8, 4) is 0 Å². The van der Waals surface area contributed by atoms with E-state index in [0.29, 0.717) is 0 Å². The summed E-state index contributed by atoms with van der Waals surface area (Å²) in [5.74, 6) is 0. The van der Waals surface area contributed by atoms with Crippen LogP contribution in [0.1, 0.15) is 12.8 Å². The molecule has 2 nitrogen and oxygen atoms in total. The van der Waals surface area contributed by atoms with Gasteiger partial charge in [0.1, 0.15) is 0 Å². The van der Waals surface area contributed by atoms with Crippen LogP contribution in [0.15, 0.2) is 60.1 Å². The maximum absolute atomic E-state index is 3.76. The van der Waals surface area contributed by atoms with E-state index >= 15 is 0 Å². The minimum atomic E-state index is 0.829. The molecule has 0 aliphatic carbocycles. The van der Waals surface area contributed by atoms with Crippen LogP contribution in [-0.2, 0) is 0 Å².